The fourth-order valence-corrected chi connectivity index (χ4v) is 12.7. The maximum atomic E-state index is 2.87. The summed E-state index contributed by atoms with van der Waals surface area (Å²) in [5.41, 5.74) is 5.33. The van der Waals surface area contributed by atoms with Gasteiger partial charge in [-0.3, -0.25) is 0 Å². The van der Waals surface area contributed by atoms with Crippen LogP contribution in [0.15, 0.2) is 60.7 Å². The highest BCUT2D eigenvalue weighted by Crippen LogP contribution is 2.62. The van der Waals surface area contributed by atoms with E-state index in [9.17, 15) is 0 Å². The van der Waals surface area contributed by atoms with Gasteiger partial charge in [-0.15, -0.1) is 0 Å². The van der Waals surface area contributed by atoms with Gasteiger partial charge < -0.3 is 9.13 Å². The summed E-state index contributed by atoms with van der Waals surface area (Å²) in [6, 6.07) is 22.5. The first-order valence-electron chi connectivity index (χ1n) is 12.2. The smallest absolute Gasteiger partial charge is 0.248 e. The molecule has 0 saturated heterocycles. The molecule has 0 fully saturated rings. The molecule has 2 aromatic rings. The van der Waals surface area contributed by atoms with Crippen LogP contribution in [0.25, 0.3) is 10.8 Å². The van der Waals surface area contributed by atoms with Gasteiger partial charge in [0, 0.05) is 5.54 Å². The Morgan fingerprint density at radius 2 is 1.10 bits per heavy atom. The summed E-state index contributed by atoms with van der Waals surface area (Å²) in [6.45, 7) is 21.1. The van der Waals surface area contributed by atoms with E-state index in [-0.39, 0.29) is 5.41 Å². The fourth-order valence-electron chi connectivity index (χ4n) is 5.83. The SMILES string of the molecule is CCN(CC)[Si]1(N(CC)CC)C(c2ccccc2)=C(c2ccccc2)C1CC(C)(C)C. The first-order valence-corrected chi connectivity index (χ1v) is 14.2. The lowest BCUT2D eigenvalue weighted by molar-refractivity contribution is 0.318. The van der Waals surface area contributed by atoms with E-state index >= 15 is 0 Å². The van der Waals surface area contributed by atoms with Gasteiger partial charge in [-0.1, -0.05) is 109 Å². The summed E-state index contributed by atoms with van der Waals surface area (Å²) < 4.78 is 5.73. The highest BCUT2D eigenvalue weighted by atomic mass is 28.4. The molecule has 1 aliphatic heterocycles. The normalized spacial score (nSPS) is 18.5. The second-order valence-corrected chi connectivity index (χ2v) is 13.8. The Labute approximate surface area is 192 Å². The van der Waals surface area contributed by atoms with Crippen LogP contribution < -0.4 is 0 Å². The largest absolute Gasteiger partial charge is 0.308 e. The minimum atomic E-state index is -2.11. The van der Waals surface area contributed by atoms with Gasteiger partial charge in [-0.2, -0.15) is 0 Å². The standard InChI is InChI=1S/C28H42N2Si/c1-8-29(9-2)31(30(10-3)11-4)25(22-28(5,6)7)26(23-18-14-12-15-19-23)27(31)24-20-16-13-17-21-24/h12-21,25H,8-11,22H2,1-7H3. The van der Waals surface area contributed by atoms with E-state index in [0.717, 1.165) is 26.2 Å². The van der Waals surface area contributed by atoms with Crippen molar-refractivity contribution < 1.29 is 0 Å². The lowest BCUT2D eigenvalue weighted by Gasteiger charge is -2.61. The van der Waals surface area contributed by atoms with Crippen LogP contribution in [0.1, 0.15) is 66.0 Å². The number of rotatable bonds is 9. The van der Waals surface area contributed by atoms with Crippen LogP contribution in [0.5, 0.6) is 0 Å². The number of allylic oxidation sites excluding steroid dienone is 1. The van der Waals surface area contributed by atoms with E-state index < -0.39 is 8.40 Å². The third kappa shape index (κ3) is 4.33. The minimum absolute atomic E-state index is 0.283. The van der Waals surface area contributed by atoms with E-state index in [1.54, 1.807) is 10.8 Å². The van der Waals surface area contributed by atoms with Crippen molar-refractivity contribution in [1.82, 2.24) is 9.13 Å². The maximum absolute atomic E-state index is 2.87. The van der Waals surface area contributed by atoms with Crippen molar-refractivity contribution in [2.45, 2.75) is 60.4 Å². The average Bonchev–Trinajstić information content (AvgIpc) is 2.77. The third-order valence-corrected chi connectivity index (χ3v) is 12.9. The Hall–Kier alpha value is -1.68. The predicted octanol–water partition coefficient (Wildman–Crippen LogP) is 7.08. The number of hydrogen-bond donors (Lipinski definition) is 0. The summed E-state index contributed by atoms with van der Waals surface area (Å²) in [4.78, 5) is 0. The van der Waals surface area contributed by atoms with Crippen molar-refractivity contribution >= 4 is 19.2 Å². The lowest BCUT2D eigenvalue weighted by atomic mass is 9.85. The molecule has 0 bridgehead atoms. The van der Waals surface area contributed by atoms with E-state index in [4.69, 9.17) is 0 Å². The van der Waals surface area contributed by atoms with Crippen LogP contribution >= 0.6 is 0 Å². The van der Waals surface area contributed by atoms with Gasteiger partial charge >= 0.3 is 0 Å². The quantitative estimate of drug-likeness (QED) is 0.389. The number of hydrogen-bond acceptors (Lipinski definition) is 2. The van der Waals surface area contributed by atoms with Crippen LogP contribution in [-0.4, -0.2) is 43.7 Å². The molecule has 1 atom stereocenters. The first-order chi connectivity index (χ1) is 14.8. The highest BCUT2D eigenvalue weighted by molar-refractivity contribution is 7.01. The maximum Gasteiger partial charge on any atom is 0.248 e. The van der Waals surface area contributed by atoms with E-state index in [2.05, 4.69) is 118 Å². The van der Waals surface area contributed by atoms with E-state index in [1.165, 1.54) is 17.5 Å². The van der Waals surface area contributed by atoms with Crippen molar-refractivity contribution in [1.29, 1.82) is 0 Å². The number of benzene rings is 2. The van der Waals surface area contributed by atoms with Crippen molar-refractivity contribution in [2.75, 3.05) is 26.2 Å². The van der Waals surface area contributed by atoms with Crippen LogP contribution in [-0.2, 0) is 0 Å². The first kappa shape index (κ1) is 24.0. The molecule has 3 heteroatoms. The van der Waals surface area contributed by atoms with E-state index in [0.29, 0.717) is 5.54 Å². The van der Waals surface area contributed by atoms with Gasteiger partial charge in [0.05, 0.1) is 0 Å². The minimum Gasteiger partial charge on any atom is -0.308 e. The highest BCUT2D eigenvalue weighted by Gasteiger charge is 2.63. The molecule has 0 aromatic heterocycles. The van der Waals surface area contributed by atoms with Crippen molar-refractivity contribution in [3.8, 4) is 0 Å². The molecule has 0 amide bonds. The lowest BCUT2D eigenvalue weighted by Crippen LogP contribution is -2.73. The molecule has 0 N–H and O–H groups in total. The summed E-state index contributed by atoms with van der Waals surface area (Å²) in [7, 11) is -2.11. The molecule has 1 heterocycles. The molecule has 1 aliphatic rings. The molecule has 168 valence electrons. The zero-order valence-electron chi connectivity index (χ0n) is 20.8. The van der Waals surface area contributed by atoms with Gasteiger partial charge in [0.2, 0.25) is 8.40 Å². The van der Waals surface area contributed by atoms with Gasteiger partial charge in [-0.05, 0) is 59.9 Å². The van der Waals surface area contributed by atoms with Crippen LogP contribution in [0.4, 0.5) is 0 Å². The molecular formula is C28H42N2Si. The van der Waals surface area contributed by atoms with Crippen molar-refractivity contribution in [2.24, 2.45) is 5.41 Å². The Kier molecular flexibility index (Phi) is 7.62. The van der Waals surface area contributed by atoms with Gasteiger partial charge in [0.25, 0.3) is 0 Å². The van der Waals surface area contributed by atoms with Gasteiger partial charge in [-0.25, -0.2) is 0 Å². The van der Waals surface area contributed by atoms with Gasteiger partial charge in [0.1, 0.15) is 0 Å². The summed E-state index contributed by atoms with van der Waals surface area (Å²) in [5, 5.41) is 1.65. The van der Waals surface area contributed by atoms with E-state index in [1.807, 2.05) is 0 Å². The topological polar surface area (TPSA) is 6.48 Å². The zero-order valence-corrected chi connectivity index (χ0v) is 21.8. The molecule has 2 aromatic carbocycles. The van der Waals surface area contributed by atoms with Crippen LogP contribution in [0.3, 0.4) is 0 Å². The fraction of sp³-hybridized carbons (Fsp3) is 0.500. The summed E-state index contributed by atoms with van der Waals surface area (Å²) in [6.07, 6.45) is 1.23. The Morgan fingerprint density at radius 1 is 0.677 bits per heavy atom. The Bertz CT molecular complexity index is 847. The average molecular weight is 435 g/mol. The molecule has 0 aliphatic carbocycles. The zero-order chi connectivity index (χ0) is 22.6. The molecular weight excluding hydrogens is 392 g/mol. The summed E-state index contributed by atoms with van der Waals surface area (Å²) in [5.74, 6) is 0. The van der Waals surface area contributed by atoms with Crippen molar-refractivity contribution in [3.63, 3.8) is 0 Å². The molecule has 1 unspecified atom stereocenters. The summed E-state index contributed by atoms with van der Waals surface area (Å²) >= 11 is 0. The second kappa shape index (κ2) is 9.85. The number of nitrogens with zero attached hydrogens (tertiary/aromatic N) is 2. The molecule has 0 saturated carbocycles. The van der Waals surface area contributed by atoms with Gasteiger partial charge in [0.15, 0.2) is 0 Å². The molecule has 0 spiro atoms. The predicted molar refractivity (Wildman–Crippen MR) is 139 cm³/mol. The molecule has 31 heavy (non-hydrogen) atoms. The van der Waals surface area contributed by atoms with Crippen LogP contribution in [0, 0.1) is 5.41 Å². The van der Waals surface area contributed by atoms with Crippen LogP contribution in [0.2, 0.25) is 5.54 Å². The second-order valence-electron chi connectivity index (χ2n) is 9.91. The van der Waals surface area contributed by atoms with Crippen molar-refractivity contribution in [3.05, 3.63) is 71.8 Å². The Morgan fingerprint density at radius 3 is 1.48 bits per heavy atom. The molecule has 0 radical (unpaired) electrons. The third-order valence-electron chi connectivity index (χ3n) is 6.93. The monoisotopic (exact) mass is 434 g/mol. The molecule has 2 nitrogen and oxygen atoms in total. The Balaban J connectivity index is 2.39. The molecule has 3 rings (SSSR count).